The van der Waals surface area contributed by atoms with Gasteiger partial charge < -0.3 is 10.2 Å². The van der Waals surface area contributed by atoms with Crippen molar-refractivity contribution in [1.29, 1.82) is 0 Å². The smallest absolute Gasteiger partial charge is 0.274 e. The molecule has 1 heterocycles. The fraction of sp³-hybridized carbons (Fsp3) is 0.312. The topological polar surface area (TPSA) is 58.1 Å². The molecule has 0 unspecified atom stereocenters. The lowest BCUT2D eigenvalue weighted by Crippen LogP contribution is -2.31. The summed E-state index contributed by atoms with van der Waals surface area (Å²) >= 11 is 3.51. The number of anilines is 2. The average molecular weight is 363 g/mol. The predicted molar refractivity (Wildman–Crippen MR) is 91.4 cm³/mol. The lowest BCUT2D eigenvalue weighted by atomic mass is 10.2. The van der Waals surface area contributed by atoms with Crippen LogP contribution in [0, 0.1) is 6.92 Å². The van der Waals surface area contributed by atoms with Crippen LogP contribution in [-0.2, 0) is 0 Å². The Bertz CT molecular complexity index is 654. The van der Waals surface area contributed by atoms with Crippen LogP contribution in [0.1, 0.15) is 29.9 Å². The number of rotatable bonds is 5. The highest BCUT2D eigenvalue weighted by atomic mass is 79.9. The van der Waals surface area contributed by atoms with E-state index < -0.39 is 0 Å². The highest BCUT2D eigenvalue weighted by Gasteiger charge is 2.14. The maximum absolute atomic E-state index is 12.2. The van der Waals surface area contributed by atoms with Gasteiger partial charge in [-0.15, -0.1) is 10.2 Å². The Morgan fingerprint density at radius 2 is 1.91 bits per heavy atom. The van der Waals surface area contributed by atoms with Crippen molar-refractivity contribution >= 4 is 33.3 Å². The SMILES string of the molecule is CCN(CC)C(=O)c1ccc(Nc2ccc(C)cc2Br)nn1. The predicted octanol–water partition coefficient (Wildman–Crippen LogP) is 3.77. The van der Waals surface area contributed by atoms with Gasteiger partial charge in [0.2, 0.25) is 0 Å². The monoisotopic (exact) mass is 362 g/mol. The molecule has 1 aromatic carbocycles. The molecule has 1 amide bonds. The van der Waals surface area contributed by atoms with Crippen molar-refractivity contribution in [3.63, 3.8) is 0 Å². The zero-order valence-electron chi connectivity index (χ0n) is 12.9. The van der Waals surface area contributed by atoms with Crippen molar-refractivity contribution in [2.24, 2.45) is 0 Å². The first kappa shape index (κ1) is 16.4. The molecule has 2 rings (SSSR count). The first-order chi connectivity index (χ1) is 10.5. The van der Waals surface area contributed by atoms with E-state index >= 15 is 0 Å². The standard InChI is InChI=1S/C16H19BrN4O/c1-4-21(5-2)16(22)14-8-9-15(20-19-14)18-13-7-6-11(3)10-12(13)17/h6-10H,4-5H2,1-3H3,(H,18,20). The Morgan fingerprint density at radius 1 is 1.18 bits per heavy atom. The van der Waals surface area contributed by atoms with Crippen LogP contribution in [0.15, 0.2) is 34.8 Å². The molecule has 22 heavy (non-hydrogen) atoms. The Morgan fingerprint density at radius 3 is 2.45 bits per heavy atom. The molecular weight excluding hydrogens is 344 g/mol. The summed E-state index contributed by atoms with van der Waals surface area (Å²) in [5.74, 6) is 0.501. The van der Waals surface area contributed by atoms with Gasteiger partial charge in [-0.05, 0) is 66.5 Å². The van der Waals surface area contributed by atoms with E-state index in [0.29, 0.717) is 24.6 Å². The summed E-state index contributed by atoms with van der Waals surface area (Å²) < 4.78 is 0.956. The number of aromatic nitrogens is 2. The molecular formula is C16H19BrN4O. The van der Waals surface area contributed by atoms with E-state index in [1.807, 2.05) is 39.0 Å². The molecule has 0 aliphatic rings. The number of aryl methyl sites for hydroxylation is 1. The summed E-state index contributed by atoms with van der Waals surface area (Å²) in [4.78, 5) is 13.9. The van der Waals surface area contributed by atoms with Crippen LogP contribution >= 0.6 is 15.9 Å². The highest BCUT2D eigenvalue weighted by molar-refractivity contribution is 9.10. The van der Waals surface area contributed by atoms with Gasteiger partial charge in [0.1, 0.15) is 0 Å². The van der Waals surface area contributed by atoms with Gasteiger partial charge in [0.25, 0.3) is 5.91 Å². The third-order valence-electron chi connectivity index (χ3n) is 3.32. The minimum absolute atomic E-state index is 0.0967. The average Bonchev–Trinajstić information content (AvgIpc) is 2.52. The quantitative estimate of drug-likeness (QED) is 0.879. The van der Waals surface area contributed by atoms with Gasteiger partial charge in [-0.1, -0.05) is 6.07 Å². The minimum atomic E-state index is -0.0967. The van der Waals surface area contributed by atoms with Crippen molar-refractivity contribution in [3.05, 3.63) is 46.1 Å². The summed E-state index contributed by atoms with van der Waals surface area (Å²) in [5, 5.41) is 11.3. The normalized spacial score (nSPS) is 10.4. The van der Waals surface area contributed by atoms with Crippen LogP contribution in [0.5, 0.6) is 0 Å². The molecule has 5 nitrogen and oxygen atoms in total. The van der Waals surface area contributed by atoms with E-state index in [4.69, 9.17) is 0 Å². The first-order valence-corrected chi connectivity index (χ1v) is 8.00. The largest absolute Gasteiger partial charge is 0.338 e. The molecule has 116 valence electrons. The van der Waals surface area contributed by atoms with E-state index in [1.165, 1.54) is 5.56 Å². The molecule has 0 spiro atoms. The minimum Gasteiger partial charge on any atom is -0.338 e. The fourth-order valence-corrected chi connectivity index (χ4v) is 2.64. The van der Waals surface area contributed by atoms with E-state index in [1.54, 1.807) is 17.0 Å². The molecule has 0 aliphatic carbocycles. The van der Waals surface area contributed by atoms with E-state index in [-0.39, 0.29) is 5.91 Å². The second kappa shape index (κ2) is 7.35. The molecule has 1 N–H and O–H groups in total. The van der Waals surface area contributed by atoms with Gasteiger partial charge in [0, 0.05) is 17.6 Å². The Kier molecular flexibility index (Phi) is 5.49. The molecule has 2 aromatic rings. The molecule has 6 heteroatoms. The third-order valence-corrected chi connectivity index (χ3v) is 3.98. The number of carbonyl (C=O) groups excluding carboxylic acids is 1. The number of hydrogen-bond donors (Lipinski definition) is 1. The number of amides is 1. The maximum atomic E-state index is 12.2. The number of halogens is 1. The number of nitrogens with one attached hydrogen (secondary N) is 1. The fourth-order valence-electron chi connectivity index (χ4n) is 2.05. The second-order valence-electron chi connectivity index (χ2n) is 4.89. The molecule has 0 saturated heterocycles. The maximum Gasteiger partial charge on any atom is 0.274 e. The highest BCUT2D eigenvalue weighted by Crippen LogP contribution is 2.25. The third kappa shape index (κ3) is 3.82. The van der Waals surface area contributed by atoms with Crippen LogP contribution in [0.4, 0.5) is 11.5 Å². The van der Waals surface area contributed by atoms with Gasteiger partial charge in [-0.3, -0.25) is 4.79 Å². The van der Waals surface area contributed by atoms with E-state index in [9.17, 15) is 4.79 Å². The molecule has 0 fully saturated rings. The van der Waals surface area contributed by atoms with Crippen LogP contribution in [0.3, 0.4) is 0 Å². The molecule has 0 atom stereocenters. The van der Waals surface area contributed by atoms with Crippen molar-refractivity contribution in [3.8, 4) is 0 Å². The van der Waals surface area contributed by atoms with Gasteiger partial charge in [0.15, 0.2) is 11.5 Å². The zero-order valence-corrected chi connectivity index (χ0v) is 14.5. The second-order valence-corrected chi connectivity index (χ2v) is 5.74. The van der Waals surface area contributed by atoms with Crippen molar-refractivity contribution in [2.45, 2.75) is 20.8 Å². The van der Waals surface area contributed by atoms with Crippen LogP contribution in [-0.4, -0.2) is 34.1 Å². The molecule has 0 radical (unpaired) electrons. The number of carbonyl (C=O) groups is 1. The van der Waals surface area contributed by atoms with E-state index in [2.05, 4.69) is 31.4 Å². The molecule has 0 bridgehead atoms. The molecule has 1 aromatic heterocycles. The number of hydrogen-bond acceptors (Lipinski definition) is 4. The van der Waals surface area contributed by atoms with Crippen LogP contribution in [0.25, 0.3) is 0 Å². The Hall–Kier alpha value is -1.95. The number of nitrogens with zero attached hydrogens (tertiary/aromatic N) is 3. The summed E-state index contributed by atoms with van der Waals surface area (Å²) in [5.41, 5.74) is 2.43. The van der Waals surface area contributed by atoms with Crippen LogP contribution in [0.2, 0.25) is 0 Å². The van der Waals surface area contributed by atoms with Gasteiger partial charge >= 0.3 is 0 Å². The van der Waals surface area contributed by atoms with Crippen molar-refractivity contribution in [1.82, 2.24) is 15.1 Å². The van der Waals surface area contributed by atoms with Gasteiger partial charge in [-0.2, -0.15) is 0 Å². The van der Waals surface area contributed by atoms with Crippen molar-refractivity contribution < 1.29 is 4.79 Å². The summed E-state index contributed by atoms with van der Waals surface area (Å²) in [6.45, 7) is 7.24. The first-order valence-electron chi connectivity index (χ1n) is 7.21. The van der Waals surface area contributed by atoms with Gasteiger partial charge in [-0.25, -0.2) is 0 Å². The molecule has 0 aliphatic heterocycles. The molecule has 0 saturated carbocycles. The van der Waals surface area contributed by atoms with Crippen LogP contribution < -0.4 is 5.32 Å². The lowest BCUT2D eigenvalue weighted by molar-refractivity contribution is 0.0766. The number of benzene rings is 1. The Balaban J connectivity index is 2.13. The summed E-state index contributed by atoms with van der Waals surface area (Å²) in [6, 6.07) is 9.46. The van der Waals surface area contributed by atoms with Crippen molar-refractivity contribution in [2.75, 3.05) is 18.4 Å². The summed E-state index contributed by atoms with van der Waals surface area (Å²) in [7, 11) is 0. The van der Waals surface area contributed by atoms with Gasteiger partial charge in [0.05, 0.1) is 5.69 Å². The summed E-state index contributed by atoms with van der Waals surface area (Å²) in [6.07, 6.45) is 0. The Labute approximate surface area is 138 Å². The zero-order chi connectivity index (χ0) is 16.1. The lowest BCUT2D eigenvalue weighted by Gasteiger charge is -2.17. The van der Waals surface area contributed by atoms with E-state index in [0.717, 1.165) is 10.2 Å².